The zero-order valence-electron chi connectivity index (χ0n) is 10.7. The van der Waals surface area contributed by atoms with Gasteiger partial charge in [0.1, 0.15) is 5.75 Å². The maximum Gasteiger partial charge on any atom is 0.573 e. The highest BCUT2D eigenvalue weighted by atomic mass is 32.1. The number of ketones is 1. The van der Waals surface area contributed by atoms with Gasteiger partial charge in [-0.1, -0.05) is 12.1 Å². The zero-order valence-corrected chi connectivity index (χ0v) is 11.6. The maximum atomic E-state index is 12.3. The van der Waals surface area contributed by atoms with Gasteiger partial charge in [-0.2, -0.15) is 0 Å². The van der Waals surface area contributed by atoms with Crippen LogP contribution in [0.4, 0.5) is 13.2 Å². The number of carbonyl (C=O) groups excluding carboxylic acids is 1. The molecule has 0 atom stereocenters. The van der Waals surface area contributed by atoms with Crippen LogP contribution in [-0.2, 0) is 0 Å². The quantitative estimate of drug-likeness (QED) is 0.780. The number of aryl methyl sites for hydroxylation is 2. The molecule has 0 bridgehead atoms. The van der Waals surface area contributed by atoms with Crippen molar-refractivity contribution in [1.29, 1.82) is 0 Å². The van der Waals surface area contributed by atoms with Crippen LogP contribution in [0.3, 0.4) is 0 Å². The highest BCUT2D eigenvalue weighted by Crippen LogP contribution is 2.30. The van der Waals surface area contributed by atoms with E-state index in [9.17, 15) is 18.0 Å². The van der Waals surface area contributed by atoms with Gasteiger partial charge in [0.25, 0.3) is 0 Å². The molecule has 0 saturated carbocycles. The third-order valence-electron chi connectivity index (χ3n) is 2.75. The molecule has 0 aliphatic heterocycles. The molecule has 0 spiro atoms. The van der Waals surface area contributed by atoms with Crippen LogP contribution in [0.5, 0.6) is 5.75 Å². The average molecular weight is 300 g/mol. The number of benzene rings is 1. The molecule has 0 aliphatic rings. The minimum absolute atomic E-state index is 0.0916. The minimum atomic E-state index is -4.82. The summed E-state index contributed by atoms with van der Waals surface area (Å²) in [6.45, 7) is 3.70. The molecule has 0 radical (unpaired) electrons. The number of para-hydroxylation sites is 1. The summed E-state index contributed by atoms with van der Waals surface area (Å²) in [7, 11) is 0. The van der Waals surface area contributed by atoms with E-state index in [2.05, 4.69) is 4.74 Å². The lowest BCUT2D eigenvalue weighted by Crippen LogP contribution is -2.19. The van der Waals surface area contributed by atoms with Crippen LogP contribution in [0.25, 0.3) is 0 Å². The second-order valence-corrected chi connectivity index (χ2v) is 5.48. The molecule has 0 N–H and O–H groups in total. The van der Waals surface area contributed by atoms with Gasteiger partial charge >= 0.3 is 6.36 Å². The SMILES string of the molecule is Cc1cc(C(=O)c2ccccc2OC(F)(F)F)sc1C. The Morgan fingerprint density at radius 1 is 1.20 bits per heavy atom. The number of carbonyl (C=O) groups is 1. The molecular formula is C14H11F3O2S. The number of hydrogen-bond acceptors (Lipinski definition) is 3. The predicted octanol–water partition coefficient (Wildman–Crippen LogP) is 4.49. The lowest BCUT2D eigenvalue weighted by molar-refractivity contribution is -0.274. The fraction of sp³-hybridized carbons (Fsp3) is 0.214. The van der Waals surface area contributed by atoms with Gasteiger partial charge in [0.2, 0.25) is 5.78 Å². The Labute approximate surface area is 117 Å². The largest absolute Gasteiger partial charge is 0.573 e. The fourth-order valence-corrected chi connectivity index (χ4v) is 2.67. The van der Waals surface area contributed by atoms with Gasteiger partial charge in [0.15, 0.2) is 0 Å². The molecule has 1 aromatic carbocycles. The Morgan fingerprint density at radius 2 is 1.85 bits per heavy atom. The Kier molecular flexibility index (Phi) is 3.85. The van der Waals surface area contributed by atoms with E-state index >= 15 is 0 Å². The summed E-state index contributed by atoms with van der Waals surface area (Å²) >= 11 is 1.26. The van der Waals surface area contributed by atoms with E-state index in [-0.39, 0.29) is 5.56 Å². The first-order valence-electron chi connectivity index (χ1n) is 5.74. The normalized spacial score (nSPS) is 11.4. The van der Waals surface area contributed by atoms with E-state index in [1.807, 2.05) is 13.8 Å². The lowest BCUT2D eigenvalue weighted by Gasteiger charge is -2.11. The van der Waals surface area contributed by atoms with E-state index in [1.54, 1.807) is 6.07 Å². The highest BCUT2D eigenvalue weighted by molar-refractivity contribution is 7.14. The van der Waals surface area contributed by atoms with Crippen LogP contribution >= 0.6 is 11.3 Å². The average Bonchev–Trinajstić information content (AvgIpc) is 2.67. The molecule has 106 valence electrons. The molecular weight excluding hydrogens is 289 g/mol. The van der Waals surface area contributed by atoms with Crippen molar-refractivity contribution in [2.24, 2.45) is 0 Å². The summed E-state index contributed by atoms with van der Waals surface area (Å²) in [6, 6.07) is 7.03. The van der Waals surface area contributed by atoms with Gasteiger partial charge in [-0.15, -0.1) is 24.5 Å². The van der Waals surface area contributed by atoms with Gasteiger partial charge in [-0.3, -0.25) is 4.79 Å². The molecule has 20 heavy (non-hydrogen) atoms. The molecule has 0 aliphatic carbocycles. The Morgan fingerprint density at radius 3 is 2.40 bits per heavy atom. The van der Waals surface area contributed by atoms with Crippen LogP contribution in [0.15, 0.2) is 30.3 Å². The molecule has 0 saturated heterocycles. The van der Waals surface area contributed by atoms with Crippen LogP contribution in [0.1, 0.15) is 25.7 Å². The summed E-state index contributed by atoms with van der Waals surface area (Å²) < 4.78 is 40.9. The van der Waals surface area contributed by atoms with Crippen molar-refractivity contribution in [2.75, 3.05) is 0 Å². The summed E-state index contributed by atoms with van der Waals surface area (Å²) in [5, 5.41) is 0. The standard InChI is InChI=1S/C14H11F3O2S/c1-8-7-12(20-9(8)2)13(18)10-5-3-4-6-11(10)19-14(15,16)17/h3-7H,1-2H3. The van der Waals surface area contributed by atoms with Crippen LogP contribution in [0, 0.1) is 13.8 Å². The summed E-state index contributed by atoms with van der Waals surface area (Å²) in [4.78, 5) is 13.6. The van der Waals surface area contributed by atoms with Crippen molar-refractivity contribution in [3.05, 3.63) is 51.2 Å². The minimum Gasteiger partial charge on any atom is -0.405 e. The summed E-state index contributed by atoms with van der Waals surface area (Å²) in [5.74, 6) is -0.945. The zero-order chi connectivity index (χ0) is 14.9. The van der Waals surface area contributed by atoms with E-state index in [4.69, 9.17) is 0 Å². The number of thiophene rings is 1. The first-order chi connectivity index (χ1) is 9.28. The van der Waals surface area contributed by atoms with Crippen molar-refractivity contribution in [3.8, 4) is 5.75 Å². The van der Waals surface area contributed by atoms with Gasteiger partial charge < -0.3 is 4.74 Å². The van der Waals surface area contributed by atoms with E-state index < -0.39 is 17.9 Å². The first-order valence-corrected chi connectivity index (χ1v) is 6.56. The number of halogens is 3. The highest BCUT2D eigenvalue weighted by Gasteiger charge is 2.33. The fourth-order valence-electron chi connectivity index (χ4n) is 1.69. The topological polar surface area (TPSA) is 26.3 Å². The lowest BCUT2D eigenvalue weighted by atomic mass is 10.1. The second kappa shape index (κ2) is 5.28. The summed E-state index contributed by atoms with van der Waals surface area (Å²) in [5.41, 5.74) is 0.846. The molecule has 1 aromatic heterocycles. The Hall–Kier alpha value is -1.82. The monoisotopic (exact) mass is 300 g/mol. The van der Waals surface area contributed by atoms with Crippen molar-refractivity contribution < 1.29 is 22.7 Å². The number of hydrogen-bond donors (Lipinski definition) is 0. The maximum absolute atomic E-state index is 12.3. The Bertz CT molecular complexity index is 625. The van der Waals surface area contributed by atoms with Crippen LogP contribution in [-0.4, -0.2) is 12.1 Å². The van der Waals surface area contributed by atoms with E-state index in [0.29, 0.717) is 4.88 Å². The molecule has 2 nitrogen and oxygen atoms in total. The molecule has 0 amide bonds. The first kappa shape index (κ1) is 14.6. The number of rotatable bonds is 3. The third-order valence-corrected chi connectivity index (χ3v) is 3.90. The van der Waals surface area contributed by atoms with Gasteiger partial charge in [0, 0.05) is 4.88 Å². The molecule has 0 fully saturated rings. The van der Waals surface area contributed by atoms with Gasteiger partial charge in [0.05, 0.1) is 10.4 Å². The Balaban J connectivity index is 2.39. The van der Waals surface area contributed by atoms with Crippen molar-refractivity contribution >= 4 is 17.1 Å². The smallest absolute Gasteiger partial charge is 0.405 e. The van der Waals surface area contributed by atoms with Crippen molar-refractivity contribution in [2.45, 2.75) is 20.2 Å². The molecule has 6 heteroatoms. The van der Waals surface area contributed by atoms with Gasteiger partial charge in [-0.25, -0.2) is 0 Å². The van der Waals surface area contributed by atoms with Crippen LogP contribution < -0.4 is 4.74 Å². The summed E-state index contributed by atoms with van der Waals surface area (Å²) in [6.07, 6.45) is -4.82. The molecule has 2 aromatic rings. The molecule has 1 heterocycles. The third kappa shape index (κ3) is 3.19. The predicted molar refractivity (Wildman–Crippen MR) is 70.4 cm³/mol. The number of alkyl halides is 3. The van der Waals surface area contributed by atoms with E-state index in [1.165, 1.54) is 29.5 Å². The van der Waals surface area contributed by atoms with Gasteiger partial charge in [-0.05, 0) is 37.6 Å². The molecule has 0 unspecified atom stereocenters. The van der Waals surface area contributed by atoms with Crippen molar-refractivity contribution in [1.82, 2.24) is 0 Å². The molecule has 2 rings (SSSR count). The van der Waals surface area contributed by atoms with Crippen molar-refractivity contribution in [3.63, 3.8) is 0 Å². The van der Waals surface area contributed by atoms with E-state index in [0.717, 1.165) is 16.5 Å². The van der Waals surface area contributed by atoms with Crippen LogP contribution in [0.2, 0.25) is 0 Å². The second-order valence-electron chi connectivity index (χ2n) is 4.22. The number of ether oxygens (including phenoxy) is 1.